The Morgan fingerprint density at radius 1 is 1.18 bits per heavy atom. The van der Waals surface area contributed by atoms with E-state index in [9.17, 15) is 10.1 Å². The number of aromatic nitrogens is 3. The van der Waals surface area contributed by atoms with Crippen LogP contribution < -0.4 is 5.32 Å². The molecule has 0 radical (unpaired) electrons. The fourth-order valence-corrected chi connectivity index (χ4v) is 5.49. The van der Waals surface area contributed by atoms with Crippen molar-refractivity contribution in [3.8, 4) is 6.07 Å². The summed E-state index contributed by atoms with van der Waals surface area (Å²) < 4.78 is 7.94. The average molecular weight is 477 g/mol. The second-order valence-corrected chi connectivity index (χ2v) is 10.3. The first kappa shape index (κ1) is 22.7. The number of hydrogen-bond donors (Lipinski definition) is 1. The number of carbonyl (C=O) groups is 1. The van der Waals surface area contributed by atoms with E-state index in [-0.39, 0.29) is 17.3 Å². The molecule has 1 saturated heterocycles. The Kier molecular flexibility index (Phi) is 6.19. The van der Waals surface area contributed by atoms with Crippen molar-refractivity contribution in [3.05, 3.63) is 47.0 Å². The molecule has 9 heteroatoms. The van der Waals surface area contributed by atoms with E-state index >= 15 is 0 Å². The lowest BCUT2D eigenvalue weighted by Crippen LogP contribution is -2.36. The zero-order chi connectivity index (χ0) is 23.7. The van der Waals surface area contributed by atoms with Crippen molar-refractivity contribution in [3.63, 3.8) is 0 Å². The van der Waals surface area contributed by atoms with Crippen LogP contribution in [0, 0.1) is 11.3 Å². The molecule has 1 fully saturated rings. The number of para-hydroxylation sites is 1. The van der Waals surface area contributed by atoms with Gasteiger partial charge in [0.1, 0.15) is 11.9 Å². The van der Waals surface area contributed by atoms with E-state index in [1.54, 1.807) is 0 Å². The van der Waals surface area contributed by atoms with E-state index in [1.165, 1.54) is 18.2 Å². The van der Waals surface area contributed by atoms with Gasteiger partial charge in [-0.1, -0.05) is 30.0 Å². The number of benzene rings is 1. The highest BCUT2D eigenvalue weighted by molar-refractivity contribution is 7.99. The summed E-state index contributed by atoms with van der Waals surface area (Å²) in [6.07, 6.45) is 3.90. The highest BCUT2D eigenvalue weighted by Crippen LogP contribution is 2.38. The molecule has 2 aliphatic heterocycles. The first-order valence-corrected chi connectivity index (χ1v) is 12.6. The highest BCUT2D eigenvalue weighted by Gasteiger charge is 2.33. The molecule has 0 unspecified atom stereocenters. The predicted octanol–water partition coefficient (Wildman–Crippen LogP) is 4.30. The summed E-state index contributed by atoms with van der Waals surface area (Å²) in [4.78, 5) is 14.7. The lowest BCUT2D eigenvalue weighted by atomic mass is 9.89. The van der Waals surface area contributed by atoms with Gasteiger partial charge in [-0.05, 0) is 50.8 Å². The molecule has 0 saturated carbocycles. The Labute approximate surface area is 203 Å². The smallest absolute Gasteiger partial charge is 0.233 e. The maximum atomic E-state index is 12.8. The van der Waals surface area contributed by atoms with Gasteiger partial charge in [0.2, 0.25) is 5.91 Å². The molecule has 1 amide bonds. The van der Waals surface area contributed by atoms with Crippen molar-refractivity contribution in [2.24, 2.45) is 0 Å². The number of carbonyl (C=O) groups excluding carboxylic acids is 1. The van der Waals surface area contributed by atoms with Crippen LogP contribution >= 0.6 is 11.8 Å². The first-order chi connectivity index (χ1) is 16.5. The topological polar surface area (TPSA) is 95.6 Å². The number of anilines is 2. The minimum atomic E-state index is -0.376. The molecule has 0 bridgehead atoms. The van der Waals surface area contributed by atoms with Gasteiger partial charge in [0, 0.05) is 30.8 Å². The van der Waals surface area contributed by atoms with E-state index in [0.29, 0.717) is 35.2 Å². The number of ether oxygens (including phenoxy) is 1. The third-order valence-electron chi connectivity index (χ3n) is 6.42. The monoisotopic (exact) mass is 476 g/mol. The van der Waals surface area contributed by atoms with Crippen molar-refractivity contribution in [2.75, 3.05) is 24.2 Å². The van der Waals surface area contributed by atoms with E-state index in [1.807, 2.05) is 53.5 Å². The van der Waals surface area contributed by atoms with Gasteiger partial charge in [0.25, 0.3) is 0 Å². The first-order valence-electron chi connectivity index (χ1n) is 11.7. The fourth-order valence-electron chi connectivity index (χ4n) is 4.65. The van der Waals surface area contributed by atoms with Crippen LogP contribution in [0.5, 0.6) is 0 Å². The normalized spacial score (nSPS) is 17.3. The van der Waals surface area contributed by atoms with Gasteiger partial charge in [-0.2, -0.15) is 5.26 Å². The average Bonchev–Trinajstić information content (AvgIpc) is 3.27. The maximum absolute atomic E-state index is 12.8. The van der Waals surface area contributed by atoms with E-state index in [0.717, 1.165) is 42.7 Å². The Balaban J connectivity index is 1.58. The Bertz CT molecular complexity index is 1260. The molecule has 3 aromatic rings. The van der Waals surface area contributed by atoms with Crippen molar-refractivity contribution in [1.82, 2.24) is 19.5 Å². The van der Waals surface area contributed by atoms with Gasteiger partial charge in [0.15, 0.2) is 10.8 Å². The molecule has 2 aromatic heterocycles. The Morgan fingerprint density at radius 2 is 1.94 bits per heavy atom. The molecule has 4 heterocycles. The summed E-state index contributed by atoms with van der Waals surface area (Å²) >= 11 is 1.36. The number of thioether (sulfide) groups is 1. The molecule has 5 rings (SSSR count). The van der Waals surface area contributed by atoms with Gasteiger partial charge in [-0.15, -0.1) is 10.2 Å². The molecule has 34 heavy (non-hydrogen) atoms. The number of hydrogen-bond acceptors (Lipinski definition) is 7. The zero-order valence-electron chi connectivity index (χ0n) is 19.5. The van der Waals surface area contributed by atoms with Crippen molar-refractivity contribution in [1.29, 1.82) is 5.26 Å². The molecule has 0 aliphatic carbocycles. The van der Waals surface area contributed by atoms with Gasteiger partial charge < -0.3 is 15.0 Å². The summed E-state index contributed by atoms with van der Waals surface area (Å²) in [5.74, 6) is 1.02. The van der Waals surface area contributed by atoms with Crippen molar-refractivity contribution >= 4 is 34.8 Å². The van der Waals surface area contributed by atoms with Crippen LogP contribution in [0.4, 0.5) is 11.5 Å². The molecule has 0 atom stereocenters. The summed E-state index contributed by atoms with van der Waals surface area (Å²) in [5, 5.41) is 23.2. The SMILES string of the molecule is CC1(C)Cc2c(C#N)c(Nc3ccccc3)n3c(SCC(=O)N4CCCCC4)nnc3c2CO1. The van der Waals surface area contributed by atoms with Crippen LogP contribution in [-0.2, 0) is 22.6 Å². The number of piperidine rings is 1. The largest absolute Gasteiger partial charge is 0.370 e. The van der Waals surface area contributed by atoms with Gasteiger partial charge in [0.05, 0.1) is 23.5 Å². The second kappa shape index (κ2) is 9.28. The van der Waals surface area contributed by atoms with Crippen LogP contribution in [0.1, 0.15) is 49.8 Å². The quantitative estimate of drug-likeness (QED) is 0.549. The summed E-state index contributed by atoms with van der Waals surface area (Å²) in [6, 6.07) is 12.2. The number of rotatable bonds is 5. The van der Waals surface area contributed by atoms with Crippen molar-refractivity contribution in [2.45, 2.75) is 56.9 Å². The minimum Gasteiger partial charge on any atom is -0.370 e. The number of nitrogens with one attached hydrogen (secondary N) is 1. The third kappa shape index (κ3) is 4.36. The second-order valence-electron chi connectivity index (χ2n) is 9.38. The summed E-state index contributed by atoms with van der Waals surface area (Å²) in [6.45, 7) is 6.06. The zero-order valence-corrected chi connectivity index (χ0v) is 20.3. The van der Waals surface area contributed by atoms with E-state index < -0.39 is 0 Å². The molecular formula is C25H28N6O2S. The number of nitrogens with zero attached hydrogens (tertiary/aromatic N) is 5. The van der Waals surface area contributed by atoms with Crippen LogP contribution in [0.3, 0.4) is 0 Å². The number of nitriles is 1. The molecule has 0 spiro atoms. The molecule has 1 aromatic carbocycles. The molecule has 176 valence electrons. The highest BCUT2D eigenvalue weighted by atomic mass is 32.2. The number of pyridine rings is 1. The van der Waals surface area contributed by atoms with Crippen LogP contribution in [0.15, 0.2) is 35.5 Å². The van der Waals surface area contributed by atoms with Gasteiger partial charge in [-0.3, -0.25) is 9.20 Å². The van der Waals surface area contributed by atoms with Gasteiger partial charge in [-0.25, -0.2) is 0 Å². The fraction of sp³-hybridized carbons (Fsp3) is 0.440. The van der Waals surface area contributed by atoms with Crippen LogP contribution in [-0.4, -0.2) is 49.8 Å². The lowest BCUT2D eigenvalue weighted by molar-refractivity contribution is -0.129. The molecule has 1 N–H and O–H groups in total. The van der Waals surface area contributed by atoms with Gasteiger partial charge >= 0.3 is 0 Å². The predicted molar refractivity (Wildman–Crippen MR) is 131 cm³/mol. The van der Waals surface area contributed by atoms with E-state index in [2.05, 4.69) is 21.6 Å². The number of likely N-dealkylation sites (tertiary alicyclic amines) is 1. The lowest BCUT2D eigenvalue weighted by Gasteiger charge is -2.33. The Hall–Kier alpha value is -3.09. The van der Waals surface area contributed by atoms with Crippen LogP contribution in [0.25, 0.3) is 5.65 Å². The Morgan fingerprint density at radius 3 is 2.68 bits per heavy atom. The summed E-state index contributed by atoms with van der Waals surface area (Å²) in [5.41, 5.74) is 3.54. The minimum absolute atomic E-state index is 0.113. The van der Waals surface area contributed by atoms with Crippen LogP contribution in [0.2, 0.25) is 0 Å². The van der Waals surface area contributed by atoms with Crippen molar-refractivity contribution < 1.29 is 9.53 Å². The number of fused-ring (bicyclic) bond motifs is 3. The van der Waals surface area contributed by atoms with E-state index in [4.69, 9.17) is 4.74 Å². The number of amides is 1. The standard InChI is InChI=1S/C25H28N6O2S/c1-25(2)13-18-19(14-26)22(27-17-9-5-3-6-10-17)31-23(20(18)15-33-25)28-29-24(31)34-16-21(32)30-11-7-4-8-12-30/h3,5-6,9-10,27H,4,7-8,11-13,15-16H2,1-2H3. The molecule has 8 nitrogen and oxygen atoms in total. The molecular weight excluding hydrogens is 448 g/mol. The third-order valence-corrected chi connectivity index (χ3v) is 7.34. The maximum Gasteiger partial charge on any atom is 0.233 e. The molecule has 2 aliphatic rings. The summed E-state index contributed by atoms with van der Waals surface area (Å²) in [7, 11) is 0.